The molecule has 7 heteroatoms. The van der Waals surface area contributed by atoms with Crippen LogP contribution in [0.2, 0.25) is 5.02 Å². The van der Waals surface area contributed by atoms with Gasteiger partial charge in [0.2, 0.25) is 5.91 Å². The van der Waals surface area contributed by atoms with Crippen LogP contribution in [0.3, 0.4) is 0 Å². The zero-order chi connectivity index (χ0) is 22.9. The number of hydrogen-bond acceptors (Lipinski definition) is 4. The van der Waals surface area contributed by atoms with E-state index in [1.165, 1.54) is 16.7 Å². The molecule has 5 rings (SSSR count). The zero-order valence-corrected chi connectivity index (χ0v) is 19.6. The van der Waals surface area contributed by atoms with E-state index in [0.717, 1.165) is 27.1 Å². The molecule has 0 spiro atoms. The van der Waals surface area contributed by atoms with Crippen LogP contribution in [-0.4, -0.2) is 27.6 Å². The first kappa shape index (κ1) is 21.6. The first-order valence-electron chi connectivity index (χ1n) is 10.2. The summed E-state index contributed by atoms with van der Waals surface area (Å²) in [6, 6.07) is 25.1. The summed E-state index contributed by atoms with van der Waals surface area (Å²) in [5, 5.41) is 7.66. The van der Waals surface area contributed by atoms with Crippen LogP contribution in [0.5, 0.6) is 0 Å². The summed E-state index contributed by atoms with van der Waals surface area (Å²) in [6.45, 7) is -0.152. The normalized spacial score (nSPS) is 15.1. The number of thiocarbonyl (C=S) groups is 1. The van der Waals surface area contributed by atoms with Gasteiger partial charge in [-0.05, 0) is 63.5 Å². The van der Waals surface area contributed by atoms with E-state index in [1.54, 1.807) is 24.3 Å². The van der Waals surface area contributed by atoms with Crippen molar-refractivity contribution in [3.63, 3.8) is 0 Å². The molecule has 4 aromatic carbocycles. The molecule has 1 heterocycles. The van der Waals surface area contributed by atoms with Crippen LogP contribution in [0, 0.1) is 0 Å². The Morgan fingerprint density at radius 3 is 2.21 bits per heavy atom. The number of fused-ring (bicyclic) bond motifs is 2. The summed E-state index contributed by atoms with van der Waals surface area (Å²) in [5.74, 6) is -0.598. The molecular formula is C26H17ClN2O2S2. The van der Waals surface area contributed by atoms with Gasteiger partial charge in [-0.25, -0.2) is 0 Å². The van der Waals surface area contributed by atoms with Gasteiger partial charge in [-0.15, -0.1) is 0 Å². The Balaban J connectivity index is 1.45. The van der Waals surface area contributed by atoms with Gasteiger partial charge in [0, 0.05) is 10.7 Å². The van der Waals surface area contributed by atoms with Crippen molar-refractivity contribution in [1.29, 1.82) is 0 Å². The second-order valence-electron chi connectivity index (χ2n) is 7.56. The number of thioether (sulfide) groups is 1. The van der Waals surface area contributed by atoms with Gasteiger partial charge in [-0.2, -0.15) is 0 Å². The molecule has 1 saturated heterocycles. The number of carbonyl (C=O) groups excluding carboxylic acids is 2. The molecule has 4 aromatic rings. The number of hydrogen-bond donors (Lipinski definition) is 1. The SMILES string of the molecule is O=C(CN1C(=O)/C(=C/c2c3ccccc3cc3ccccc23)SC1=S)Nc1ccc(Cl)cc1. The number of nitrogens with zero attached hydrogens (tertiary/aromatic N) is 1. The molecule has 1 N–H and O–H groups in total. The number of amides is 2. The van der Waals surface area contributed by atoms with E-state index in [9.17, 15) is 9.59 Å². The highest BCUT2D eigenvalue weighted by molar-refractivity contribution is 8.26. The maximum absolute atomic E-state index is 13.2. The lowest BCUT2D eigenvalue weighted by atomic mass is 9.96. The van der Waals surface area contributed by atoms with Gasteiger partial charge < -0.3 is 5.32 Å². The maximum atomic E-state index is 13.2. The summed E-state index contributed by atoms with van der Waals surface area (Å²) in [4.78, 5) is 27.5. The molecule has 2 amide bonds. The third-order valence-corrected chi connectivity index (χ3v) is 7.02. The maximum Gasteiger partial charge on any atom is 0.266 e. The van der Waals surface area contributed by atoms with Crippen molar-refractivity contribution in [2.45, 2.75) is 0 Å². The van der Waals surface area contributed by atoms with Gasteiger partial charge in [0.05, 0.1) is 4.91 Å². The van der Waals surface area contributed by atoms with Crippen molar-refractivity contribution < 1.29 is 9.59 Å². The summed E-state index contributed by atoms with van der Waals surface area (Å²) in [7, 11) is 0. The quantitative estimate of drug-likeness (QED) is 0.203. The van der Waals surface area contributed by atoms with Crippen LogP contribution in [-0.2, 0) is 9.59 Å². The van der Waals surface area contributed by atoms with E-state index >= 15 is 0 Å². The molecule has 1 aliphatic heterocycles. The van der Waals surface area contributed by atoms with Gasteiger partial charge in [0.1, 0.15) is 10.9 Å². The molecular weight excluding hydrogens is 472 g/mol. The summed E-state index contributed by atoms with van der Waals surface area (Å²) >= 11 is 12.5. The highest BCUT2D eigenvalue weighted by atomic mass is 35.5. The fourth-order valence-electron chi connectivity index (χ4n) is 3.85. The first-order chi connectivity index (χ1) is 16.0. The molecule has 0 bridgehead atoms. The van der Waals surface area contributed by atoms with Crippen molar-refractivity contribution >= 4 is 85.0 Å². The second kappa shape index (κ2) is 8.98. The number of anilines is 1. The van der Waals surface area contributed by atoms with Gasteiger partial charge >= 0.3 is 0 Å². The molecule has 0 unspecified atom stereocenters. The Morgan fingerprint density at radius 1 is 0.970 bits per heavy atom. The van der Waals surface area contributed by atoms with Crippen molar-refractivity contribution in [2.24, 2.45) is 0 Å². The lowest BCUT2D eigenvalue weighted by Crippen LogP contribution is -2.36. The number of nitrogens with one attached hydrogen (secondary N) is 1. The smallest absolute Gasteiger partial charge is 0.266 e. The topological polar surface area (TPSA) is 49.4 Å². The van der Waals surface area contributed by atoms with Crippen molar-refractivity contribution in [1.82, 2.24) is 4.90 Å². The molecule has 4 nitrogen and oxygen atoms in total. The highest BCUT2D eigenvalue weighted by Crippen LogP contribution is 2.36. The Kier molecular flexibility index (Phi) is 5.89. The van der Waals surface area contributed by atoms with Crippen LogP contribution in [0.4, 0.5) is 5.69 Å². The molecule has 0 saturated carbocycles. The number of benzene rings is 4. The Morgan fingerprint density at radius 2 is 1.58 bits per heavy atom. The van der Waals surface area contributed by atoms with Gasteiger partial charge in [0.15, 0.2) is 0 Å². The standard InChI is InChI=1S/C26H17ClN2O2S2/c27-18-9-11-19(12-10-18)28-24(30)15-29-25(31)23(33-26(29)32)14-22-20-7-3-1-5-16(20)13-17-6-2-4-8-21(17)22/h1-14H,15H2,(H,28,30)/b23-14-. The molecule has 33 heavy (non-hydrogen) atoms. The number of rotatable bonds is 4. The third kappa shape index (κ3) is 4.37. The van der Waals surface area contributed by atoms with E-state index in [1.807, 2.05) is 42.5 Å². The number of carbonyl (C=O) groups is 2. The van der Waals surface area contributed by atoms with Crippen molar-refractivity contribution in [3.8, 4) is 0 Å². The van der Waals surface area contributed by atoms with Crippen LogP contribution in [0.1, 0.15) is 5.56 Å². The van der Waals surface area contributed by atoms with E-state index < -0.39 is 0 Å². The van der Waals surface area contributed by atoms with E-state index in [0.29, 0.717) is 19.9 Å². The van der Waals surface area contributed by atoms with Crippen LogP contribution >= 0.6 is 35.6 Å². The molecule has 0 atom stereocenters. The monoisotopic (exact) mass is 488 g/mol. The third-order valence-electron chi connectivity index (χ3n) is 5.39. The minimum absolute atomic E-state index is 0.152. The van der Waals surface area contributed by atoms with Crippen LogP contribution < -0.4 is 5.32 Å². The van der Waals surface area contributed by atoms with Gasteiger partial charge in [0.25, 0.3) is 5.91 Å². The van der Waals surface area contributed by atoms with E-state index in [2.05, 4.69) is 23.5 Å². The summed E-state index contributed by atoms with van der Waals surface area (Å²) in [5.41, 5.74) is 1.57. The first-order valence-corrected chi connectivity index (χ1v) is 11.8. The molecule has 1 aliphatic rings. The molecule has 0 radical (unpaired) electrons. The van der Waals surface area contributed by atoms with Gasteiger partial charge in [-0.1, -0.05) is 84.1 Å². The zero-order valence-electron chi connectivity index (χ0n) is 17.2. The summed E-state index contributed by atoms with van der Waals surface area (Å²) in [6.07, 6.45) is 1.89. The lowest BCUT2D eigenvalue weighted by Gasteiger charge is -2.14. The second-order valence-corrected chi connectivity index (χ2v) is 9.67. The van der Waals surface area contributed by atoms with Crippen LogP contribution in [0.15, 0.2) is 83.8 Å². The van der Waals surface area contributed by atoms with Crippen LogP contribution in [0.25, 0.3) is 27.6 Å². The Bertz CT molecular complexity index is 1410. The van der Waals surface area contributed by atoms with E-state index in [-0.39, 0.29) is 18.4 Å². The predicted octanol–water partition coefficient (Wildman–Crippen LogP) is 6.49. The molecule has 0 aromatic heterocycles. The molecule has 0 aliphatic carbocycles. The average molecular weight is 489 g/mol. The Labute approximate surface area is 205 Å². The molecule has 162 valence electrons. The highest BCUT2D eigenvalue weighted by Gasteiger charge is 2.33. The van der Waals surface area contributed by atoms with Crippen molar-refractivity contribution in [3.05, 3.63) is 94.4 Å². The Hall–Kier alpha value is -3.19. The fourth-order valence-corrected chi connectivity index (χ4v) is 5.21. The average Bonchev–Trinajstić information content (AvgIpc) is 3.07. The number of halogens is 1. The van der Waals surface area contributed by atoms with Crippen molar-refractivity contribution in [2.75, 3.05) is 11.9 Å². The fraction of sp³-hybridized carbons (Fsp3) is 0.0385. The molecule has 1 fully saturated rings. The van der Waals surface area contributed by atoms with Gasteiger partial charge in [-0.3, -0.25) is 14.5 Å². The largest absolute Gasteiger partial charge is 0.325 e. The van der Waals surface area contributed by atoms with E-state index in [4.69, 9.17) is 23.8 Å². The summed E-state index contributed by atoms with van der Waals surface area (Å²) < 4.78 is 0.363. The lowest BCUT2D eigenvalue weighted by molar-refractivity contribution is -0.126. The predicted molar refractivity (Wildman–Crippen MR) is 141 cm³/mol. The minimum atomic E-state index is -0.328. The minimum Gasteiger partial charge on any atom is -0.325 e.